The number of rotatable bonds is 9. The lowest BCUT2D eigenvalue weighted by atomic mass is 10.1. The lowest BCUT2D eigenvalue weighted by molar-refractivity contribution is -0.146. The Labute approximate surface area is 193 Å². The first-order valence-corrected chi connectivity index (χ1v) is 10.4. The van der Waals surface area contributed by atoms with Crippen LogP contribution in [-0.4, -0.2) is 77.9 Å². The number of aromatic nitrogens is 2. The molecule has 1 saturated heterocycles. The van der Waals surface area contributed by atoms with Crippen molar-refractivity contribution in [1.82, 2.24) is 25.3 Å². The Balaban J connectivity index is 0.00000450. The van der Waals surface area contributed by atoms with Crippen LogP contribution in [0, 0.1) is 5.92 Å². The van der Waals surface area contributed by atoms with Gasteiger partial charge in [0.1, 0.15) is 0 Å². The molecule has 1 N–H and O–H groups in total. The lowest BCUT2D eigenvalue weighted by Gasteiger charge is -2.26. The number of nitrogens with zero attached hydrogens (tertiary/aromatic N) is 5. The third-order valence-electron chi connectivity index (χ3n) is 4.87. The maximum absolute atomic E-state index is 12.7. The third kappa shape index (κ3) is 8.94. The lowest BCUT2D eigenvalue weighted by Crippen LogP contribution is -2.42. The van der Waals surface area contributed by atoms with Crippen LogP contribution >= 0.6 is 24.0 Å². The highest BCUT2D eigenvalue weighted by molar-refractivity contribution is 14.0. The van der Waals surface area contributed by atoms with Crippen LogP contribution in [-0.2, 0) is 6.42 Å². The van der Waals surface area contributed by atoms with Gasteiger partial charge in [0.25, 0.3) is 0 Å². The van der Waals surface area contributed by atoms with Crippen molar-refractivity contribution in [3.8, 4) is 0 Å². The van der Waals surface area contributed by atoms with Crippen LogP contribution in [0.15, 0.2) is 9.52 Å². The van der Waals surface area contributed by atoms with Gasteiger partial charge in [-0.25, -0.2) is 0 Å². The van der Waals surface area contributed by atoms with E-state index < -0.39 is 12.7 Å². The topological polar surface area (TPSA) is 69.8 Å². The number of hydrogen-bond acceptors (Lipinski definition) is 5. The number of likely N-dealkylation sites (tertiary alicyclic amines) is 1. The Morgan fingerprint density at radius 3 is 2.67 bits per heavy atom. The Hall–Kier alpha value is -1.11. The second-order valence-corrected chi connectivity index (χ2v) is 7.73. The molecule has 1 atom stereocenters. The number of aliphatic imine (C=N–C) groups is 1. The van der Waals surface area contributed by atoms with Crippen LogP contribution in [0.1, 0.15) is 51.7 Å². The summed E-state index contributed by atoms with van der Waals surface area (Å²) in [7, 11) is 0. The van der Waals surface area contributed by atoms with Crippen LogP contribution in [0.3, 0.4) is 0 Å². The van der Waals surface area contributed by atoms with Crippen molar-refractivity contribution in [2.75, 3.05) is 45.8 Å². The van der Waals surface area contributed by atoms with E-state index in [4.69, 9.17) is 4.52 Å². The maximum atomic E-state index is 12.7. The molecule has 30 heavy (non-hydrogen) atoms. The summed E-state index contributed by atoms with van der Waals surface area (Å²) < 4.78 is 43.3. The number of nitrogens with one attached hydrogen (secondary N) is 1. The summed E-state index contributed by atoms with van der Waals surface area (Å²) in [5.41, 5.74) is 0. The molecule has 1 aliphatic heterocycles. The van der Waals surface area contributed by atoms with E-state index in [0.717, 1.165) is 25.5 Å². The van der Waals surface area contributed by atoms with Crippen LogP contribution in [0.2, 0.25) is 0 Å². The molecule has 0 bridgehead atoms. The minimum Gasteiger partial charge on any atom is -0.357 e. The first-order chi connectivity index (χ1) is 13.7. The molecule has 11 heteroatoms. The number of guanidine groups is 1. The van der Waals surface area contributed by atoms with E-state index in [1.54, 1.807) is 6.92 Å². The van der Waals surface area contributed by atoms with Gasteiger partial charge in [-0.2, -0.15) is 18.2 Å². The molecule has 1 fully saturated rings. The molecule has 0 amide bonds. The molecule has 1 aliphatic rings. The smallest absolute Gasteiger partial charge is 0.357 e. The summed E-state index contributed by atoms with van der Waals surface area (Å²) in [5, 5.41) is 7.23. The molecular weight excluding hydrogens is 512 g/mol. The van der Waals surface area contributed by atoms with E-state index in [1.165, 1.54) is 4.90 Å². The first-order valence-electron chi connectivity index (χ1n) is 10.4. The predicted octanol–water partition coefficient (Wildman–Crippen LogP) is 3.53. The van der Waals surface area contributed by atoms with Crippen molar-refractivity contribution in [2.24, 2.45) is 10.9 Å². The first kappa shape index (κ1) is 26.9. The SMILES string of the molecule is CCNC(=NCCc1nc(C(C)C)no1)N1CCC(CN(CC)CC(F)(F)F)C1.I. The third-order valence-corrected chi connectivity index (χ3v) is 4.87. The van der Waals surface area contributed by atoms with Crippen molar-refractivity contribution < 1.29 is 17.7 Å². The van der Waals surface area contributed by atoms with Gasteiger partial charge in [-0.1, -0.05) is 25.9 Å². The normalized spacial score (nSPS) is 17.7. The van der Waals surface area contributed by atoms with E-state index in [2.05, 4.69) is 25.3 Å². The monoisotopic (exact) mass is 546 g/mol. The molecule has 0 spiro atoms. The van der Waals surface area contributed by atoms with E-state index in [-0.39, 0.29) is 35.8 Å². The molecule has 1 aromatic rings. The summed E-state index contributed by atoms with van der Waals surface area (Å²) in [5.74, 6) is 2.47. The average molecular weight is 546 g/mol. The molecule has 2 rings (SSSR count). The van der Waals surface area contributed by atoms with Crippen LogP contribution in [0.4, 0.5) is 13.2 Å². The van der Waals surface area contributed by atoms with Crippen molar-refractivity contribution in [2.45, 2.75) is 52.6 Å². The average Bonchev–Trinajstić information content (AvgIpc) is 3.29. The minimum atomic E-state index is -4.16. The zero-order valence-electron chi connectivity index (χ0n) is 18.2. The second kappa shape index (κ2) is 12.7. The molecule has 174 valence electrons. The predicted molar refractivity (Wildman–Crippen MR) is 121 cm³/mol. The minimum absolute atomic E-state index is 0. The summed E-state index contributed by atoms with van der Waals surface area (Å²) >= 11 is 0. The van der Waals surface area contributed by atoms with Crippen molar-refractivity contribution in [3.63, 3.8) is 0 Å². The zero-order valence-corrected chi connectivity index (χ0v) is 20.5. The van der Waals surface area contributed by atoms with Gasteiger partial charge >= 0.3 is 6.18 Å². The van der Waals surface area contributed by atoms with Gasteiger partial charge < -0.3 is 14.7 Å². The summed E-state index contributed by atoms with van der Waals surface area (Å²) in [6.07, 6.45) is -2.74. The van der Waals surface area contributed by atoms with E-state index >= 15 is 0 Å². The Morgan fingerprint density at radius 1 is 1.37 bits per heavy atom. The van der Waals surface area contributed by atoms with Crippen molar-refractivity contribution in [3.05, 3.63) is 11.7 Å². The maximum Gasteiger partial charge on any atom is 0.401 e. The highest BCUT2D eigenvalue weighted by Gasteiger charge is 2.33. The van der Waals surface area contributed by atoms with Crippen LogP contribution in [0.5, 0.6) is 0 Å². The van der Waals surface area contributed by atoms with Gasteiger partial charge in [0.2, 0.25) is 5.89 Å². The molecule has 7 nitrogen and oxygen atoms in total. The fourth-order valence-electron chi connectivity index (χ4n) is 3.39. The van der Waals surface area contributed by atoms with Gasteiger partial charge in [-0.3, -0.25) is 9.89 Å². The quantitative estimate of drug-likeness (QED) is 0.291. The highest BCUT2D eigenvalue weighted by Crippen LogP contribution is 2.21. The summed E-state index contributed by atoms with van der Waals surface area (Å²) in [6, 6.07) is 0. The van der Waals surface area contributed by atoms with E-state index in [1.807, 2.05) is 20.8 Å². The fraction of sp³-hybridized carbons (Fsp3) is 0.842. The van der Waals surface area contributed by atoms with Gasteiger partial charge in [-0.15, -0.1) is 24.0 Å². The molecular formula is C19H34F3IN6O. The molecule has 1 unspecified atom stereocenters. The van der Waals surface area contributed by atoms with Gasteiger partial charge in [0.15, 0.2) is 11.8 Å². The molecule has 1 aromatic heterocycles. The zero-order chi connectivity index (χ0) is 21.4. The molecule has 0 radical (unpaired) electrons. The van der Waals surface area contributed by atoms with Crippen LogP contribution in [0.25, 0.3) is 0 Å². The van der Waals surface area contributed by atoms with Crippen molar-refractivity contribution in [1.29, 1.82) is 0 Å². The largest absolute Gasteiger partial charge is 0.401 e. The molecule has 2 heterocycles. The fourth-order valence-corrected chi connectivity index (χ4v) is 3.39. The Morgan fingerprint density at radius 2 is 2.10 bits per heavy atom. The molecule has 0 saturated carbocycles. The molecule has 0 aromatic carbocycles. The second-order valence-electron chi connectivity index (χ2n) is 7.73. The van der Waals surface area contributed by atoms with Crippen LogP contribution < -0.4 is 5.32 Å². The highest BCUT2D eigenvalue weighted by atomic mass is 127. The number of halogens is 4. The van der Waals surface area contributed by atoms with Gasteiger partial charge in [-0.05, 0) is 25.8 Å². The van der Waals surface area contributed by atoms with Gasteiger partial charge in [0, 0.05) is 38.5 Å². The molecule has 0 aliphatic carbocycles. The summed E-state index contributed by atoms with van der Waals surface area (Å²) in [6.45, 7) is 10.5. The van der Waals surface area contributed by atoms with Crippen molar-refractivity contribution >= 4 is 29.9 Å². The standard InChI is InChI=1S/C19H33F3N6O.HI/c1-5-23-18(24-9-7-16-25-17(14(3)4)26-29-16)28-10-8-15(12-28)11-27(6-2)13-19(20,21)22;/h14-15H,5-13H2,1-4H3,(H,23,24);1H. The van der Waals surface area contributed by atoms with E-state index in [9.17, 15) is 13.2 Å². The van der Waals surface area contributed by atoms with E-state index in [0.29, 0.717) is 44.3 Å². The Bertz CT molecular complexity index is 652. The number of alkyl halides is 3. The van der Waals surface area contributed by atoms with Gasteiger partial charge in [0.05, 0.1) is 13.1 Å². The summed E-state index contributed by atoms with van der Waals surface area (Å²) in [4.78, 5) is 12.6. The Kier molecular flexibility index (Phi) is 11.4. The number of hydrogen-bond donors (Lipinski definition) is 1.